The molecule has 0 fully saturated rings. The number of amides is 1. The maximum atomic E-state index is 12.5. The lowest BCUT2D eigenvalue weighted by atomic mass is 10.1. The summed E-state index contributed by atoms with van der Waals surface area (Å²) >= 11 is 7.20. The highest BCUT2D eigenvalue weighted by atomic mass is 35.5. The average molecular weight is 388 g/mol. The average Bonchev–Trinajstić information content (AvgIpc) is 3.07. The molecule has 7 heteroatoms. The number of aromatic nitrogens is 2. The topological polar surface area (TPSA) is 68.0 Å². The summed E-state index contributed by atoms with van der Waals surface area (Å²) in [5.74, 6) is 0.253. The monoisotopic (exact) mass is 387 g/mol. The predicted octanol–water partition coefficient (Wildman–Crippen LogP) is 5.13. The molecular weight excluding hydrogens is 370 g/mol. The smallest absolute Gasteiger partial charge is 0.277 e. The number of aryl methyl sites for hydroxylation is 1. The van der Waals surface area contributed by atoms with Crippen molar-refractivity contribution in [2.45, 2.75) is 31.2 Å². The van der Waals surface area contributed by atoms with Crippen molar-refractivity contribution in [3.05, 3.63) is 58.6 Å². The standard InChI is InChI=1S/C19H18ClN3O2S/c1-11-6-4-9-16(12(11)2)21-17(24)13(3)26-19-23-22-18(25-19)14-7-5-8-15(20)10-14/h4-10,13H,1-3H3,(H,21,24). The molecule has 2 aromatic carbocycles. The molecule has 1 atom stereocenters. The lowest BCUT2D eigenvalue weighted by Gasteiger charge is -2.13. The van der Waals surface area contributed by atoms with Gasteiger partial charge in [-0.2, -0.15) is 0 Å². The van der Waals surface area contributed by atoms with Crippen molar-refractivity contribution in [1.82, 2.24) is 10.2 Å². The normalized spacial score (nSPS) is 12.0. The summed E-state index contributed by atoms with van der Waals surface area (Å²) in [6.45, 7) is 5.80. The van der Waals surface area contributed by atoms with Crippen LogP contribution in [0.2, 0.25) is 5.02 Å². The fourth-order valence-electron chi connectivity index (χ4n) is 2.32. The Morgan fingerprint density at radius 2 is 1.96 bits per heavy atom. The van der Waals surface area contributed by atoms with Crippen molar-refractivity contribution in [2.75, 3.05) is 5.32 Å². The van der Waals surface area contributed by atoms with Crippen molar-refractivity contribution in [3.63, 3.8) is 0 Å². The van der Waals surface area contributed by atoms with E-state index in [1.54, 1.807) is 19.1 Å². The highest BCUT2D eigenvalue weighted by Crippen LogP contribution is 2.28. The number of hydrogen-bond acceptors (Lipinski definition) is 5. The van der Waals surface area contributed by atoms with Crippen molar-refractivity contribution in [1.29, 1.82) is 0 Å². The van der Waals surface area contributed by atoms with E-state index in [1.165, 1.54) is 11.8 Å². The molecule has 1 aromatic heterocycles. The largest absolute Gasteiger partial charge is 0.411 e. The van der Waals surface area contributed by atoms with Crippen LogP contribution >= 0.6 is 23.4 Å². The number of anilines is 1. The molecule has 0 saturated carbocycles. The Morgan fingerprint density at radius 1 is 1.19 bits per heavy atom. The van der Waals surface area contributed by atoms with Gasteiger partial charge >= 0.3 is 0 Å². The first-order valence-corrected chi connectivity index (χ1v) is 9.33. The molecule has 26 heavy (non-hydrogen) atoms. The Balaban J connectivity index is 1.67. The molecule has 0 aliphatic rings. The van der Waals surface area contributed by atoms with E-state index in [4.69, 9.17) is 16.0 Å². The Hall–Kier alpha value is -2.31. The molecule has 0 aliphatic carbocycles. The number of nitrogens with one attached hydrogen (secondary N) is 1. The second-order valence-electron chi connectivity index (χ2n) is 5.88. The van der Waals surface area contributed by atoms with Crippen LogP contribution in [0.3, 0.4) is 0 Å². The van der Waals surface area contributed by atoms with Crippen molar-refractivity contribution in [3.8, 4) is 11.5 Å². The van der Waals surface area contributed by atoms with Crippen LogP contribution in [-0.4, -0.2) is 21.4 Å². The summed E-state index contributed by atoms with van der Waals surface area (Å²) in [5.41, 5.74) is 3.74. The van der Waals surface area contributed by atoms with Gasteiger partial charge in [0.1, 0.15) is 0 Å². The number of halogens is 1. The van der Waals surface area contributed by atoms with Crippen LogP contribution in [0.25, 0.3) is 11.5 Å². The van der Waals surface area contributed by atoms with E-state index in [0.717, 1.165) is 22.4 Å². The minimum Gasteiger partial charge on any atom is -0.411 e. The quantitative estimate of drug-likeness (QED) is 0.615. The van der Waals surface area contributed by atoms with Gasteiger partial charge in [-0.25, -0.2) is 0 Å². The zero-order chi connectivity index (χ0) is 18.7. The van der Waals surface area contributed by atoms with Crippen LogP contribution in [0.5, 0.6) is 0 Å². The van der Waals surface area contributed by atoms with E-state index < -0.39 is 0 Å². The summed E-state index contributed by atoms with van der Waals surface area (Å²) < 4.78 is 5.64. The van der Waals surface area contributed by atoms with Crippen LogP contribution in [-0.2, 0) is 4.79 Å². The van der Waals surface area contributed by atoms with Crippen molar-refractivity contribution < 1.29 is 9.21 Å². The highest BCUT2D eigenvalue weighted by Gasteiger charge is 2.19. The fourth-order valence-corrected chi connectivity index (χ4v) is 3.19. The summed E-state index contributed by atoms with van der Waals surface area (Å²) in [7, 11) is 0. The van der Waals surface area contributed by atoms with E-state index in [-0.39, 0.29) is 11.2 Å². The number of benzene rings is 2. The van der Waals surface area contributed by atoms with E-state index in [1.807, 2.05) is 44.2 Å². The molecule has 0 aliphatic heterocycles. The number of carbonyl (C=O) groups is 1. The Labute approximate surface area is 161 Å². The van der Waals surface area contributed by atoms with Crippen molar-refractivity contribution in [2.24, 2.45) is 0 Å². The van der Waals surface area contributed by atoms with Crippen LogP contribution in [0.4, 0.5) is 5.69 Å². The number of thioether (sulfide) groups is 1. The third-order valence-electron chi connectivity index (χ3n) is 3.99. The van der Waals surface area contributed by atoms with Gasteiger partial charge in [-0.05, 0) is 56.2 Å². The van der Waals surface area contributed by atoms with Gasteiger partial charge < -0.3 is 9.73 Å². The molecule has 3 rings (SSSR count). The molecule has 134 valence electrons. The first kappa shape index (κ1) is 18.5. The molecule has 1 amide bonds. The van der Waals surface area contributed by atoms with Gasteiger partial charge in [0, 0.05) is 16.3 Å². The molecule has 0 radical (unpaired) electrons. The Bertz CT molecular complexity index is 942. The molecule has 1 heterocycles. The molecule has 5 nitrogen and oxygen atoms in total. The van der Waals surface area contributed by atoms with Gasteiger partial charge in [-0.15, -0.1) is 10.2 Å². The highest BCUT2D eigenvalue weighted by molar-refractivity contribution is 8.00. The summed E-state index contributed by atoms with van der Waals surface area (Å²) in [6.07, 6.45) is 0. The van der Waals surface area contributed by atoms with Crippen molar-refractivity contribution >= 4 is 35.0 Å². The molecule has 0 bridgehead atoms. The zero-order valence-electron chi connectivity index (χ0n) is 14.6. The molecule has 1 unspecified atom stereocenters. The van der Waals surface area contributed by atoms with Gasteiger partial charge in [0.25, 0.3) is 5.22 Å². The second kappa shape index (κ2) is 7.93. The Kier molecular flexibility index (Phi) is 5.64. The molecule has 0 spiro atoms. The molecule has 1 N–H and O–H groups in total. The number of nitrogens with zero attached hydrogens (tertiary/aromatic N) is 2. The fraction of sp³-hybridized carbons (Fsp3) is 0.211. The van der Waals surface area contributed by atoms with E-state index in [0.29, 0.717) is 16.1 Å². The zero-order valence-corrected chi connectivity index (χ0v) is 16.2. The summed E-state index contributed by atoms with van der Waals surface area (Å²) in [5, 5.41) is 11.5. The number of carbonyl (C=O) groups excluding carboxylic acids is 1. The lowest BCUT2D eigenvalue weighted by Crippen LogP contribution is -2.23. The van der Waals surface area contributed by atoms with Gasteiger partial charge in [0.15, 0.2) is 0 Å². The van der Waals surface area contributed by atoms with E-state index in [9.17, 15) is 4.79 Å². The maximum Gasteiger partial charge on any atom is 0.277 e. The van der Waals surface area contributed by atoms with Gasteiger partial charge in [0.05, 0.1) is 5.25 Å². The third-order valence-corrected chi connectivity index (χ3v) is 5.16. The minimum atomic E-state index is -0.387. The van der Waals surface area contributed by atoms with E-state index >= 15 is 0 Å². The number of rotatable bonds is 5. The van der Waals surface area contributed by atoms with Crippen LogP contribution in [0, 0.1) is 13.8 Å². The van der Waals surface area contributed by atoms with Gasteiger partial charge in [0.2, 0.25) is 11.8 Å². The number of hydrogen-bond donors (Lipinski definition) is 1. The Morgan fingerprint density at radius 3 is 2.73 bits per heavy atom. The SMILES string of the molecule is Cc1cccc(NC(=O)C(C)Sc2nnc(-c3cccc(Cl)c3)o2)c1C. The second-order valence-corrected chi connectivity index (χ2v) is 7.61. The molecule has 3 aromatic rings. The molecule has 0 saturated heterocycles. The predicted molar refractivity (Wildman–Crippen MR) is 105 cm³/mol. The third kappa shape index (κ3) is 4.26. The first-order valence-electron chi connectivity index (χ1n) is 8.07. The molecular formula is C19H18ClN3O2S. The maximum absolute atomic E-state index is 12.5. The van der Waals surface area contributed by atoms with Gasteiger partial charge in [-0.1, -0.05) is 41.6 Å². The summed E-state index contributed by atoms with van der Waals surface area (Å²) in [6, 6.07) is 13.0. The minimum absolute atomic E-state index is 0.119. The van der Waals surface area contributed by atoms with Crippen LogP contribution < -0.4 is 5.32 Å². The van der Waals surface area contributed by atoms with Crippen LogP contribution in [0.1, 0.15) is 18.1 Å². The lowest BCUT2D eigenvalue weighted by molar-refractivity contribution is -0.115. The van der Waals surface area contributed by atoms with Crippen LogP contribution in [0.15, 0.2) is 52.1 Å². The first-order chi connectivity index (χ1) is 12.4. The van der Waals surface area contributed by atoms with E-state index in [2.05, 4.69) is 15.5 Å². The summed E-state index contributed by atoms with van der Waals surface area (Å²) in [4.78, 5) is 12.5. The van der Waals surface area contributed by atoms with Gasteiger partial charge in [-0.3, -0.25) is 4.79 Å².